The van der Waals surface area contributed by atoms with E-state index in [1.54, 1.807) is 6.07 Å². The zero-order chi connectivity index (χ0) is 18.0. The number of benzene rings is 2. The molecule has 0 atom stereocenters. The van der Waals surface area contributed by atoms with Crippen LogP contribution in [0.4, 0.5) is 11.4 Å². The van der Waals surface area contributed by atoms with E-state index in [0.29, 0.717) is 5.69 Å². The number of para-hydroxylation sites is 1. The number of phenolic OH excluding ortho intramolecular Hbond substituents is 1. The van der Waals surface area contributed by atoms with Crippen LogP contribution in [-0.2, 0) is 16.0 Å². The van der Waals surface area contributed by atoms with E-state index in [1.165, 1.54) is 7.11 Å². The van der Waals surface area contributed by atoms with E-state index < -0.39 is 0 Å². The second kappa shape index (κ2) is 6.81. The first kappa shape index (κ1) is 16.8. The fourth-order valence-electron chi connectivity index (χ4n) is 2.83. The lowest BCUT2D eigenvalue weighted by Gasteiger charge is -2.17. The maximum Gasteiger partial charge on any atom is 0.310 e. The van der Waals surface area contributed by atoms with E-state index in [1.807, 2.05) is 50.2 Å². The predicted molar refractivity (Wildman–Crippen MR) is 98.3 cm³/mol. The molecule has 128 valence electrons. The number of anilines is 2. The van der Waals surface area contributed by atoms with Gasteiger partial charge in [0.15, 0.2) is 0 Å². The molecule has 1 aromatic heterocycles. The molecule has 0 aliphatic heterocycles. The van der Waals surface area contributed by atoms with Gasteiger partial charge in [0.2, 0.25) is 0 Å². The van der Waals surface area contributed by atoms with Gasteiger partial charge in [-0.15, -0.1) is 0 Å². The molecule has 0 unspecified atom stereocenters. The van der Waals surface area contributed by atoms with Gasteiger partial charge in [0.1, 0.15) is 5.75 Å². The first-order chi connectivity index (χ1) is 12.0. The number of hydrogen-bond acceptors (Lipinski definition) is 5. The Hall–Kier alpha value is -3.08. The van der Waals surface area contributed by atoms with Crippen LogP contribution in [0, 0.1) is 13.8 Å². The smallest absolute Gasteiger partial charge is 0.310 e. The van der Waals surface area contributed by atoms with Crippen molar-refractivity contribution in [1.82, 2.24) is 4.98 Å². The fourth-order valence-corrected chi connectivity index (χ4v) is 2.83. The number of aromatic nitrogens is 1. The summed E-state index contributed by atoms with van der Waals surface area (Å²) in [6, 6.07) is 13.1. The van der Waals surface area contributed by atoms with Gasteiger partial charge in [0.25, 0.3) is 0 Å². The normalized spacial score (nSPS) is 10.7. The summed E-state index contributed by atoms with van der Waals surface area (Å²) in [6.45, 7) is 3.82. The molecular formula is C20H20N2O3. The zero-order valence-electron chi connectivity index (χ0n) is 14.5. The highest BCUT2D eigenvalue weighted by Crippen LogP contribution is 2.35. The number of hydrogen-bond donors (Lipinski definition) is 2. The summed E-state index contributed by atoms with van der Waals surface area (Å²) < 4.78 is 4.83. The van der Waals surface area contributed by atoms with Crippen molar-refractivity contribution in [3.8, 4) is 5.75 Å². The molecule has 0 fully saturated rings. The monoisotopic (exact) mass is 336 g/mol. The van der Waals surface area contributed by atoms with Crippen LogP contribution in [0.15, 0.2) is 42.5 Å². The van der Waals surface area contributed by atoms with Crippen LogP contribution in [-0.4, -0.2) is 23.2 Å². The molecule has 1 heterocycles. The van der Waals surface area contributed by atoms with Gasteiger partial charge in [0.05, 0.1) is 30.4 Å². The number of pyridine rings is 1. The quantitative estimate of drug-likeness (QED) is 0.556. The molecule has 5 nitrogen and oxygen atoms in total. The molecule has 2 N–H and O–H groups in total. The van der Waals surface area contributed by atoms with Crippen molar-refractivity contribution in [2.24, 2.45) is 0 Å². The van der Waals surface area contributed by atoms with Crippen LogP contribution in [0.1, 0.15) is 16.8 Å². The average Bonchev–Trinajstić information content (AvgIpc) is 2.60. The van der Waals surface area contributed by atoms with E-state index in [-0.39, 0.29) is 18.1 Å². The van der Waals surface area contributed by atoms with Crippen molar-refractivity contribution in [2.75, 3.05) is 12.4 Å². The van der Waals surface area contributed by atoms with Crippen molar-refractivity contribution in [3.63, 3.8) is 0 Å². The molecule has 3 aromatic rings. The highest BCUT2D eigenvalue weighted by Gasteiger charge is 2.17. The van der Waals surface area contributed by atoms with Gasteiger partial charge in [-0.3, -0.25) is 9.78 Å². The van der Waals surface area contributed by atoms with Crippen LogP contribution < -0.4 is 5.32 Å². The van der Waals surface area contributed by atoms with Gasteiger partial charge in [-0.05, 0) is 37.6 Å². The Bertz CT molecular complexity index is 951. The van der Waals surface area contributed by atoms with E-state index in [0.717, 1.165) is 33.4 Å². The van der Waals surface area contributed by atoms with Crippen LogP contribution >= 0.6 is 0 Å². The number of carbonyl (C=O) groups excluding carboxylic acids is 1. The number of phenols is 1. The third-order valence-corrected chi connectivity index (χ3v) is 4.16. The molecule has 25 heavy (non-hydrogen) atoms. The lowest BCUT2D eigenvalue weighted by molar-refractivity contribution is -0.139. The van der Waals surface area contributed by atoms with Crippen LogP contribution in [0.5, 0.6) is 5.75 Å². The number of methoxy groups -OCH3 is 1. The minimum absolute atomic E-state index is 0.106. The number of nitrogens with one attached hydrogen (secondary N) is 1. The molecule has 0 saturated heterocycles. The summed E-state index contributed by atoms with van der Waals surface area (Å²) in [5.41, 5.74) is 4.69. The molecule has 0 saturated carbocycles. The number of esters is 1. The summed E-state index contributed by atoms with van der Waals surface area (Å²) in [5, 5.41) is 14.4. The zero-order valence-corrected chi connectivity index (χ0v) is 14.5. The first-order valence-corrected chi connectivity index (χ1v) is 8.01. The maximum absolute atomic E-state index is 11.9. The third kappa shape index (κ3) is 3.40. The van der Waals surface area contributed by atoms with Crippen molar-refractivity contribution >= 4 is 28.2 Å². The van der Waals surface area contributed by atoms with Gasteiger partial charge >= 0.3 is 5.97 Å². The Labute approximate surface area is 146 Å². The van der Waals surface area contributed by atoms with Crippen molar-refractivity contribution in [2.45, 2.75) is 20.3 Å². The average molecular weight is 336 g/mol. The molecule has 5 heteroatoms. The Morgan fingerprint density at radius 1 is 1.20 bits per heavy atom. The van der Waals surface area contributed by atoms with Crippen LogP contribution in [0.3, 0.4) is 0 Å². The summed E-state index contributed by atoms with van der Waals surface area (Å²) in [6.07, 6.45) is 0.106. The highest BCUT2D eigenvalue weighted by molar-refractivity contribution is 5.97. The summed E-state index contributed by atoms with van der Waals surface area (Å²) in [5.74, 6) is -0.190. The van der Waals surface area contributed by atoms with Crippen molar-refractivity contribution < 1.29 is 14.6 Å². The van der Waals surface area contributed by atoms with Crippen molar-refractivity contribution in [1.29, 1.82) is 0 Å². The topological polar surface area (TPSA) is 71.5 Å². The molecule has 0 aliphatic rings. The number of nitrogens with zero attached hydrogens (tertiary/aromatic N) is 1. The van der Waals surface area contributed by atoms with Gasteiger partial charge in [-0.2, -0.15) is 0 Å². The molecule has 2 aromatic carbocycles. The Morgan fingerprint density at radius 3 is 2.72 bits per heavy atom. The van der Waals surface area contributed by atoms with Gasteiger partial charge in [-0.1, -0.05) is 24.3 Å². The number of fused-ring (bicyclic) bond motifs is 1. The lowest BCUT2D eigenvalue weighted by atomic mass is 10.0. The van der Waals surface area contributed by atoms with E-state index in [2.05, 4.69) is 10.3 Å². The summed E-state index contributed by atoms with van der Waals surface area (Å²) in [4.78, 5) is 16.5. The predicted octanol–water partition coefficient (Wildman–Crippen LogP) is 4.02. The van der Waals surface area contributed by atoms with Crippen molar-refractivity contribution in [3.05, 3.63) is 59.3 Å². The number of aryl methyl sites for hydroxylation is 2. The highest BCUT2D eigenvalue weighted by atomic mass is 16.5. The van der Waals surface area contributed by atoms with E-state index in [9.17, 15) is 9.90 Å². The fraction of sp³-hybridized carbons (Fsp3) is 0.200. The summed E-state index contributed by atoms with van der Waals surface area (Å²) >= 11 is 0. The minimum Gasteiger partial charge on any atom is -0.506 e. The Kier molecular flexibility index (Phi) is 4.57. The minimum atomic E-state index is -0.336. The van der Waals surface area contributed by atoms with Gasteiger partial charge in [-0.25, -0.2) is 0 Å². The molecular weight excluding hydrogens is 316 g/mol. The third-order valence-electron chi connectivity index (χ3n) is 4.16. The van der Waals surface area contributed by atoms with E-state index >= 15 is 0 Å². The van der Waals surface area contributed by atoms with Crippen LogP contribution in [0.25, 0.3) is 10.9 Å². The SMILES string of the molecule is COC(=O)Cc1c(C)nc2ccccc2c1Nc1cc(C)ccc1O. The Balaban J connectivity index is 2.20. The molecule has 0 spiro atoms. The standard InChI is InChI=1S/C20H20N2O3/c1-12-8-9-18(23)17(10-12)22-20-14-6-4-5-7-16(14)21-13(2)15(20)11-19(24)25-3/h4-10,23H,11H2,1-3H3,(H,21,22). The molecule has 0 bridgehead atoms. The maximum atomic E-state index is 11.9. The number of carbonyl (C=O) groups is 1. The van der Waals surface area contributed by atoms with Gasteiger partial charge in [0, 0.05) is 16.6 Å². The molecule has 0 aliphatic carbocycles. The van der Waals surface area contributed by atoms with Gasteiger partial charge < -0.3 is 15.2 Å². The molecule has 0 radical (unpaired) electrons. The molecule has 3 rings (SSSR count). The lowest BCUT2D eigenvalue weighted by Crippen LogP contribution is -2.10. The summed E-state index contributed by atoms with van der Waals surface area (Å²) in [7, 11) is 1.37. The first-order valence-electron chi connectivity index (χ1n) is 8.01. The van der Waals surface area contributed by atoms with Crippen LogP contribution in [0.2, 0.25) is 0 Å². The Morgan fingerprint density at radius 2 is 1.96 bits per heavy atom. The number of aromatic hydroxyl groups is 1. The second-order valence-corrected chi connectivity index (χ2v) is 5.97. The molecule has 0 amide bonds. The largest absolute Gasteiger partial charge is 0.506 e. The van der Waals surface area contributed by atoms with E-state index in [4.69, 9.17) is 4.74 Å². The second-order valence-electron chi connectivity index (χ2n) is 5.97. The number of rotatable bonds is 4. The number of ether oxygens (including phenoxy) is 1.